The number of aryl methyl sites for hydroxylation is 2. The van der Waals surface area contributed by atoms with Gasteiger partial charge in [-0.3, -0.25) is 9.59 Å². The Morgan fingerprint density at radius 1 is 1.48 bits per heavy atom. The fourth-order valence-corrected chi connectivity index (χ4v) is 4.02. The molecule has 0 radical (unpaired) electrons. The van der Waals surface area contributed by atoms with E-state index in [2.05, 4.69) is 15.6 Å². The maximum Gasteiger partial charge on any atom is 0.237 e. The van der Waals surface area contributed by atoms with Crippen LogP contribution in [0.5, 0.6) is 0 Å². The average Bonchev–Trinajstić information content (AvgIpc) is 2.85. The lowest BCUT2D eigenvalue weighted by atomic mass is 10.1. The number of carbonyl (C=O) groups is 2. The Morgan fingerprint density at radius 3 is 3.09 bits per heavy atom. The van der Waals surface area contributed by atoms with Gasteiger partial charge in [-0.1, -0.05) is 18.2 Å². The van der Waals surface area contributed by atoms with E-state index < -0.39 is 0 Å². The minimum Gasteiger partial charge on any atom is -0.325 e. The molecule has 1 aliphatic rings. The van der Waals surface area contributed by atoms with E-state index >= 15 is 0 Å². The Hall–Kier alpha value is -1.86. The fraction of sp³-hybridized carbons (Fsp3) is 0.312. The number of para-hydroxylation sites is 1. The van der Waals surface area contributed by atoms with Crippen molar-refractivity contribution in [3.8, 4) is 0 Å². The number of fused-ring (bicyclic) bond motifs is 1. The molecule has 1 aliphatic heterocycles. The first-order valence-corrected chi connectivity index (χ1v) is 9.27. The summed E-state index contributed by atoms with van der Waals surface area (Å²) in [6, 6.07) is 7.83. The van der Waals surface area contributed by atoms with Crippen molar-refractivity contribution in [1.29, 1.82) is 0 Å². The maximum absolute atomic E-state index is 12.3. The number of thioether (sulfide) groups is 1. The van der Waals surface area contributed by atoms with Crippen LogP contribution in [0.15, 0.2) is 29.6 Å². The Bertz CT molecular complexity index is 730. The first-order chi connectivity index (χ1) is 11.1. The number of anilines is 2. The Balaban J connectivity index is 1.54. The highest BCUT2D eigenvalue weighted by Gasteiger charge is 2.24. The molecule has 5 nitrogen and oxygen atoms in total. The number of benzene rings is 1. The van der Waals surface area contributed by atoms with E-state index in [1.54, 1.807) is 0 Å². The third-order valence-electron chi connectivity index (χ3n) is 3.52. The molecule has 1 aromatic heterocycles. The second kappa shape index (κ2) is 7.14. The van der Waals surface area contributed by atoms with Gasteiger partial charge in [0, 0.05) is 11.1 Å². The number of amides is 2. The van der Waals surface area contributed by atoms with Crippen LogP contribution in [0.1, 0.15) is 17.7 Å². The minimum atomic E-state index is -0.216. The molecule has 120 valence electrons. The molecule has 0 saturated heterocycles. The summed E-state index contributed by atoms with van der Waals surface area (Å²) < 4.78 is 0. The highest BCUT2D eigenvalue weighted by atomic mass is 32.2. The zero-order chi connectivity index (χ0) is 16.2. The summed E-state index contributed by atoms with van der Waals surface area (Å²) >= 11 is 2.78. The van der Waals surface area contributed by atoms with Crippen molar-refractivity contribution in [2.24, 2.45) is 0 Å². The summed E-state index contributed by atoms with van der Waals surface area (Å²) in [5, 5.41) is 7.99. The highest BCUT2D eigenvalue weighted by Crippen LogP contribution is 2.27. The van der Waals surface area contributed by atoms with Crippen LogP contribution in [-0.4, -0.2) is 27.8 Å². The predicted octanol–water partition coefficient (Wildman–Crippen LogP) is 3.08. The van der Waals surface area contributed by atoms with Gasteiger partial charge in [-0.25, -0.2) is 4.98 Å². The highest BCUT2D eigenvalue weighted by molar-refractivity contribution is 8.01. The molecule has 1 aromatic carbocycles. The van der Waals surface area contributed by atoms with Crippen LogP contribution in [0.2, 0.25) is 0 Å². The molecule has 7 heteroatoms. The molecule has 2 N–H and O–H groups in total. The van der Waals surface area contributed by atoms with Gasteiger partial charge in [0.25, 0.3) is 0 Å². The number of nitrogens with one attached hydrogen (secondary N) is 2. The summed E-state index contributed by atoms with van der Waals surface area (Å²) in [5.74, 6) is 0.0873. The van der Waals surface area contributed by atoms with Gasteiger partial charge in [0.2, 0.25) is 11.8 Å². The molecule has 3 rings (SSSR count). The smallest absolute Gasteiger partial charge is 0.237 e. The lowest BCUT2D eigenvalue weighted by molar-refractivity contribution is -0.115. The van der Waals surface area contributed by atoms with Gasteiger partial charge in [-0.05, 0) is 31.4 Å². The van der Waals surface area contributed by atoms with Crippen LogP contribution in [0.3, 0.4) is 0 Å². The number of nitrogens with zero attached hydrogens (tertiary/aromatic N) is 1. The molecular formula is C16H17N3O2S2. The third kappa shape index (κ3) is 4.11. The fourth-order valence-electron chi connectivity index (χ4n) is 2.39. The molecule has 0 spiro atoms. The first-order valence-electron chi connectivity index (χ1n) is 7.34. The van der Waals surface area contributed by atoms with Crippen molar-refractivity contribution in [2.45, 2.75) is 25.0 Å². The SMILES string of the molecule is Cc1csc(NC(=O)CS[C@H]2CCc3ccccc3NC2=O)n1. The normalized spacial score (nSPS) is 17.1. The van der Waals surface area contributed by atoms with E-state index in [0.717, 1.165) is 29.8 Å². The van der Waals surface area contributed by atoms with E-state index in [4.69, 9.17) is 0 Å². The summed E-state index contributed by atoms with van der Waals surface area (Å²) in [7, 11) is 0. The minimum absolute atomic E-state index is 0.0298. The third-order valence-corrected chi connectivity index (χ3v) is 5.68. The Kier molecular flexibility index (Phi) is 4.97. The second-order valence-electron chi connectivity index (χ2n) is 5.33. The van der Waals surface area contributed by atoms with Gasteiger partial charge in [0.05, 0.1) is 16.7 Å². The standard InChI is InChI=1S/C16H17N3O2S2/c1-10-8-23-16(17-10)19-14(20)9-22-13-7-6-11-4-2-3-5-12(11)18-15(13)21/h2-5,8,13H,6-7,9H2,1H3,(H,18,21)(H,17,19,20)/t13-/m0/s1. The maximum atomic E-state index is 12.3. The first kappa shape index (κ1) is 16.0. The summed E-state index contributed by atoms with van der Waals surface area (Å²) in [5.41, 5.74) is 2.91. The van der Waals surface area contributed by atoms with E-state index in [-0.39, 0.29) is 22.8 Å². The van der Waals surface area contributed by atoms with Gasteiger partial charge in [0.15, 0.2) is 5.13 Å². The largest absolute Gasteiger partial charge is 0.325 e. The van der Waals surface area contributed by atoms with E-state index in [1.165, 1.54) is 23.1 Å². The van der Waals surface area contributed by atoms with Crippen molar-refractivity contribution in [3.63, 3.8) is 0 Å². The molecule has 1 atom stereocenters. The molecule has 0 saturated carbocycles. The lowest BCUT2D eigenvalue weighted by Gasteiger charge is -2.12. The zero-order valence-corrected chi connectivity index (χ0v) is 14.3. The molecule has 2 heterocycles. The number of rotatable bonds is 4. The van der Waals surface area contributed by atoms with Gasteiger partial charge in [0.1, 0.15) is 0 Å². The molecular weight excluding hydrogens is 330 g/mol. The van der Waals surface area contributed by atoms with Crippen LogP contribution in [0, 0.1) is 6.92 Å². The zero-order valence-electron chi connectivity index (χ0n) is 12.7. The van der Waals surface area contributed by atoms with Crippen molar-refractivity contribution in [3.05, 3.63) is 40.9 Å². The predicted molar refractivity (Wildman–Crippen MR) is 95.1 cm³/mol. The van der Waals surface area contributed by atoms with Crippen molar-refractivity contribution in [2.75, 3.05) is 16.4 Å². The van der Waals surface area contributed by atoms with Crippen molar-refractivity contribution in [1.82, 2.24) is 4.98 Å². The van der Waals surface area contributed by atoms with Gasteiger partial charge in [-0.2, -0.15) is 0 Å². The molecule has 0 bridgehead atoms. The van der Waals surface area contributed by atoms with Crippen LogP contribution in [0.4, 0.5) is 10.8 Å². The van der Waals surface area contributed by atoms with Crippen LogP contribution < -0.4 is 10.6 Å². The molecule has 0 fully saturated rings. The van der Waals surface area contributed by atoms with Gasteiger partial charge < -0.3 is 10.6 Å². The molecule has 2 aromatic rings. The van der Waals surface area contributed by atoms with E-state index in [0.29, 0.717) is 5.13 Å². The van der Waals surface area contributed by atoms with E-state index in [1.807, 2.05) is 36.6 Å². The number of hydrogen-bond donors (Lipinski definition) is 2. The number of aromatic nitrogens is 1. The lowest BCUT2D eigenvalue weighted by Crippen LogP contribution is -2.26. The summed E-state index contributed by atoms with van der Waals surface area (Å²) in [4.78, 5) is 28.5. The van der Waals surface area contributed by atoms with Crippen molar-refractivity contribution < 1.29 is 9.59 Å². The number of thiazole rings is 1. The topological polar surface area (TPSA) is 71.1 Å². The van der Waals surface area contributed by atoms with Crippen LogP contribution in [0.25, 0.3) is 0 Å². The van der Waals surface area contributed by atoms with Gasteiger partial charge >= 0.3 is 0 Å². The molecule has 23 heavy (non-hydrogen) atoms. The van der Waals surface area contributed by atoms with E-state index in [9.17, 15) is 9.59 Å². The Labute approximate surface area is 142 Å². The van der Waals surface area contributed by atoms with Crippen LogP contribution in [-0.2, 0) is 16.0 Å². The monoisotopic (exact) mass is 347 g/mol. The Morgan fingerprint density at radius 2 is 2.30 bits per heavy atom. The average molecular weight is 347 g/mol. The van der Waals surface area contributed by atoms with Crippen molar-refractivity contribution >= 4 is 45.7 Å². The molecule has 2 amide bonds. The molecule has 0 unspecified atom stereocenters. The second-order valence-corrected chi connectivity index (χ2v) is 7.38. The quantitative estimate of drug-likeness (QED) is 0.892. The van der Waals surface area contributed by atoms with Gasteiger partial charge in [-0.15, -0.1) is 23.1 Å². The summed E-state index contributed by atoms with van der Waals surface area (Å²) in [6.45, 7) is 1.88. The van der Waals surface area contributed by atoms with Crippen LogP contribution >= 0.6 is 23.1 Å². The number of hydrogen-bond acceptors (Lipinski definition) is 5. The molecule has 0 aliphatic carbocycles. The number of carbonyl (C=O) groups excluding carboxylic acids is 2. The summed E-state index contributed by atoms with van der Waals surface area (Å²) in [6.07, 6.45) is 1.57.